The molecule has 45 heavy (non-hydrogen) atoms. The van der Waals surface area contributed by atoms with Gasteiger partial charge >= 0.3 is 5.97 Å². The van der Waals surface area contributed by atoms with E-state index in [0.717, 1.165) is 44.9 Å². The van der Waals surface area contributed by atoms with Crippen molar-refractivity contribution in [2.24, 2.45) is 50.7 Å². The van der Waals surface area contributed by atoms with E-state index in [9.17, 15) is 24.3 Å². The molecular formula is C36H54O9. The van der Waals surface area contributed by atoms with Gasteiger partial charge in [-0.25, -0.2) is 0 Å². The first-order chi connectivity index (χ1) is 20.9. The Hall–Kier alpha value is -1.68. The fourth-order valence-electron chi connectivity index (χ4n) is 12.7. The summed E-state index contributed by atoms with van der Waals surface area (Å²) in [6.45, 7) is 15.8. The summed E-state index contributed by atoms with van der Waals surface area (Å²) < 4.78 is 23.9. The van der Waals surface area contributed by atoms with Gasteiger partial charge in [-0.3, -0.25) is 14.4 Å². The molecule has 1 saturated heterocycles. The van der Waals surface area contributed by atoms with Crippen LogP contribution < -0.4 is 0 Å². The number of rotatable bonds is 9. The third-order valence-corrected chi connectivity index (χ3v) is 14.6. The Kier molecular flexibility index (Phi) is 7.87. The summed E-state index contributed by atoms with van der Waals surface area (Å²) >= 11 is 0. The standard InChI is InChI=1S/C36H54O9/c1-20-17-22(30(32(5,6)41)43-21(2)39)44-28-27(20)33(7)13-14-36-19-35(36)12-11-25(45-26(18-38)42-16-15-37)31(3,4)23(35)9-10-24(36)34(33,8)29(28)40/h15,18,20,22-28,30,41H,9-14,16-17,19H2,1-8H3/t20-,22-,23+,24+,25+,26+,27+,28+,30+,33-,34-,35-,36+/m1/s1. The zero-order valence-corrected chi connectivity index (χ0v) is 28.4. The summed E-state index contributed by atoms with van der Waals surface area (Å²) in [5.41, 5.74) is -2.00. The molecule has 0 aromatic carbocycles. The number of hydrogen-bond donors (Lipinski definition) is 1. The molecule has 13 atom stereocenters. The number of carbonyl (C=O) groups is 4. The van der Waals surface area contributed by atoms with Gasteiger partial charge in [0.25, 0.3) is 0 Å². The smallest absolute Gasteiger partial charge is 0.303 e. The highest BCUT2D eigenvalue weighted by atomic mass is 16.7. The number of aldehydes is 2. The van der Waals surface area contributed by atoms with Gasteiger partial charge in [0.05, 0.1) is 17.8 Å². The zero-order valence-electron chi connectivity index (χ0n) is 28.4. The van der Waals surface area contributed by atoms with Gasteiger partial charge in [-0.15, -0.1) is 0 Å². The first-order valence-corrected chi connectivity index (χ1v) is 17.2. The summed E-state index contributed by atoms with van der Waals surface area (Å²) in [7, 11) is 0. The molecule has 9 heteroatoms. The van der Waals surface area contributed by atoms with E-state index in [1.165, 1.54) is 6.92 Å². The number of ether oxygens (including phenoxy) is 4. The number of ketones is 1. The van der Waals surface area contributed by atoms with Crippen molar-refractivity contribution in [3.05, 3.63) is 0 Å². The van der Waals surface area contributed by atoms with E-state index < -0.39 is 41.6 Å². The number of Topliss-reactive ketones (excluding diaryl/α,β-unsaturated/α-hetero) is 1. The van der Waals surface area contributed by atoms with E-state index >= 15 is 0 Å². The number of fused-ring (bicyclic) bond motifs is 4. The molecule has 5 aliphatic carbocycles. The molecule has 0 amide bonds. The molecule has 6 rings (SSSR count). The number of esters is 1. The minimum absolute atomic E-state index is 0.0722. The van der Waals surface area contributed by atoms with Crippen molar-refractivity contribution in [3.8, 4) is 0 Å². The minimum atomic E-state index is -1.31. The Labute approximate surface area is 267 Å². The molecule has 0 radical (unpaired) electrons. The molecule has 6 aliphatic rings. The molecule has 0 aromatic heterocycles. The molecule has 6 fully saturated rings. The molecule has 9 nitrogen and oxygen atoms in total. The molecule has 5 saturated carbocycles. The van der Waals surface area contributed by atoms with Gasteiger partial charge in [-0.1, -0.05) is 34.6 Å². The first-order valence-electron chi connectivity index (χ1n) is 17.2. The lowest BCUT2D eigenvalue weighted by Crippen LogP contribution is -2.59. The molecule has 0 bridgehead atoms. The van der Waals surface area contributed by atoms with Gasteiger partial charge in [-0.05, 0) is 105 Å². The van der Waals surface area contributed by atoms with Gasteiger partial charge < -0.3 is 28.8 Å². The molecular weight excluding hydrogens is 576 g/mol. The van der Waals surface area contributed by atoms with Gasteiger partial charge in [-0.2, -0.15) is 0 Å². The summed E-state index contributed by atoms with van der Waals surface area (Å²) in [6.07, 6.45) is 5.69. The van der Waals surface area contributed by atoms with E-state index in [2.05, 4.69) is 34.6 Å². The van der Waals surface area contributed by atoms with Crippen LogP contribution in [0.4, 0.5) is 0 Å². The van der Waals surface area contributed by atoms with Crippen LogP contribution in [-0.2, 0) is 38.1 Å². The molecule has 2 spiro atoms. The second kappa shape index (κ2) is 10.7. The molecule has 1 heterocycles. The van der Waals surface area contributed by atoms with Crippen molar-refractivity contribution in [1.29, 1.82) is 0 Å². The van der Waals surface area contributed by atoms with Crippen LogP contribution in [0.3, 0.4) is 0 Å². The summed E-state index contributed by atoms with van der Waals surface area (Å²) in [5.74, 6) is 0.636. The lowest BCUT2D eigenvalue weighted by molar-refractivity contribution is -0.221. The van der Waals surface area contributed by atoms with E-state index in [4.69, 9.17) is 18.9 Å². The van der Waals surface area contributed by atoms with Gasteiger partial charge in [0.1, 0.15) is 19.0 Å². The van der Waals surface area contributed by atoms with Crippen molar-refractivity contribution in [3.63, 3.8) is 0 Å². The van der Waals surface area contributed by atoms with E-state index in [1.807, 2.05) is 0 Å². The summed E-state index contributed by atoms with van der Waals surface area (Å²) in [5, 5.41) is 11.0. The highest BCUT2D eigenvalue weighted by Crippen LogP contribution is 2.89. The molecule has 0 aromatic rings. The van der Waals surface area contributed by atoms with Gasteiger partial charge in [0, 0.05) is 18.3 Å². The normalized spacial score (nSPS) is 47.6. The highest BCUT2D eigenvalue weighted by Gasteiger charge is 2.85. The third-order valence-electron chi connectivity index (χ3n) is 14.6. The number of carbonyl (C=O) groups excluding carboxylic acids is 4. The summed E-state index contributed by atoms with van der Waals surface area (Å²) in [6, 6.07) is 0. The second-order valence-corrected chi connectivity index (χ2v) is 17.2. The van der Waals surface area contributed by atoms with Crippen molar-refractivity contribution < 1.29 is 43.2 Å². The molecule has 0 unspecified atom stereocenters. The lowest BCUT2D eigenvalue weighted by atomic mass is 9.41. The quantitative estimate of drug-likeness (QED) is 0.217. The van der Waals surface area contributed by atoms with Crippen LogP contribution in [0.25, 0.3) is 0 Å². The Morgan fingerprint density at radius 1 is 1.07 bits per heavy atom. The topological polar surface area (TPSA) is 125 Å². The first kappa shape index (κ1) is 33.2. The van der Waals surface area contributed by atoms with Crippen LogP contribution >= 0.6 is 0 Å². The highest BCUT2D eigenvalue weighted by molar-refractivity contribution is 5.93. The fourth-order valence-corrected chi connectivity index (χ4v) is 12.7. The van der Waals surface area contributed by atoms with Crippen LogP contribution in [-0.4, -0.2) is 72.3 Å². The van der Waals surface area contributed by atoms with Gasteiger partial charge in [0.2, 0.25) is 6.29 Å². The molecule has 252 valence electrons. The summed E-state index contributed by atoms with van der Waals surface area (Å²) in [4.78, 5) is 49.4. The van der Waals surface area contributed by atoms with Crippen LogP contribution in [0, 0.1) is 50.7 Å². The zero-order chi connectivity index (χ0) is 33.0. The Bertz CT molecular complexity index is 1240. The van der Waals surface area contributed by atoms with E-state index in [-0.39, 0.29) is 57.9 Å². The Morgan fingerprint density at radius 3 is 2.36 bits per heavy atom. The van der Waals surface area contributed by atoms with E-state index in [0.29, 0.717) is 24.9 Å². The van der Waals surface area contributed by atoms with Crippen LogP contribution in [0.2, 0.25) is 0 Å². The van der Waals surface area contributed by atoms with Crippen molar-refractivity contribution in [1.82, 2.24) is 0 Å². The predicted octanol–water partition coefficient (Wildman–Crippen LogP) is 4.84. The van der Waals surface area contributed by atoms with Crippen LogP contribution in [0.15, 0.2) is 0 Å². The van der Waals surface area contributed by atoms with Crippen molar-refractivity contribution >= 4 is 24.3 Å². The lowest BCUT2D eigenvalue weighted by Gasteiger charge is -2.62. The maximum atomic E-state index is 14.9. The fraction of sp³-hybridized carbons (Fsp3) is 0.889. The molecule has 1 aliphatic heterocycles. The van der Waals surface area contributed by atoms with Gasteiger partial charge in [0.15, 0.2) is 18.2 Å². The van der Waals surface area contributed by atoms with Crippen LogP contribution in [0.1, 0.15) is 107 Å². The van der Waals surface area contributed by atoms with Crippen molar-refractivity contribution in [2.45, 2.75) is 143 Å². The average molecular weight is 631 g/mol. The third kappa shape index (κ3) is 4.45. The number of aliphatic hydroxyl groups is 1. The Morgan fingerprint density at radius 2 is 1.73 bits per heavy atom. The largest absolute Gasteiger partial charge is 0.457 e. The van der Waals surface area contributed by atoms with Crippen molar-refractivity contribution in [2.75, 3.05) is 6.61 Å². The SMILES string of the molecule is CC(=O)O[C@@H]([C@H]1C[C@@H](C)[C@H]2[C@H](O1)C(=O)[C@@]1(C)[C@@H]3CC[C@H]4C(C)(C)[C@@H](O[C@@H](C=O)OCC=O)CC[C@@]45C[C@@]35CC[C@]21C)C(C)(C)O. The number of hydrogen-bond acceptors (Lipinski definition) is 9. The van der Waals surface area contributed by atoms with Crippen LogP contribution in [0.5, 0.6) is 0 Å². The minimum Gasteiger partial charge on any atom is -0.457 e. The van der Waals surface area contributed by atoms with E-state index in [1.54, 1.807) is 13.8 Å². The predicted molar refractivity (Wildman–Crippen MR) is 164 cm³/mol. The average Bonchev–Trinajstić information content (AvgIpc) is 3.59. The molecule has 1 N–H and O–H groups in total. The maximum Gasteiger partial charge on any atom is 0.303 e. The second-order valence-electron chi connectivity index (χ2n) is 17.2. The monoisotopic (exact) mass is 630 g/mol. The Balaban J connectivity index is 1.28. The maximum absolute atomic E-state index is 14.9.